The van der Waals surface area contributed by atoms with E-state index in [-0.39, 0.29) is 11.6 Å². The van der Waals surface area contributed by atoms with Crippen LogP contribution in [0.25, 0.3) is 22.3 Å². The van der Waals surface area contributed by atoms with Crippen molar-refractivity contribution in [2.24, 2.45) is 5.92 Å². The maximum Gasteiger partial charge on any atom is 0.165 e. The van der Waals surface area contributed by atoms with Crippen molar-refractivity contribution in [1.82, 2.24) is 0 Å². The molecule has 0 atom stereocenters. The van der Waals surface area contributed by atoms with Gasteiger partial charge < -0.3 is 4.74 Å². The molecule has 0 heterocycles. The maximum atomic E-state index is 14.8. The molecule has 0 N–H and O–H groups in total. The Kier molecular flexibility index (Phi) is 10.6. The Labute approximate surface area is 222 Å². The number of rotatable bonds is 14. The Morgan fingerprint density at radius 2 is 1.43 bits per heavy atom. The first-order chi connectivity index (χ1) is 18.1. The predicted octanol–water partition coefficient (Wildman–Crippen LogP) is 10.6. The summed E-state index contributed by atoms with van der Waals surface area (Å²) in [7, 11) is 0. The SMILES string of the molecule is CCCCCCc1ccc(-c2ccc(-c3ccc(OCCCCCC4CCCC4)c(F)c3)cc2)c(F)c1. The molecular weight excluding hydrogens is 462 g/mol. The van der Waals surface area contributed by atoms with Crippen molar-refractivity contribution in [3.63, 3.8) is 0 Å². The summed E-state index contributed by atoms with van der Waals surface area (Å²) >= 11 is 0. The maximum absolute atomic E-state index is 14.8. The molecule has 3 aromatic carbocycles. The van der Waals surface area contributed by atoms with Gasteiger partial charge in [0.1, 0.15) is 5.82 Å². The molecule has 0 spiro atoms. The van der Waals surface area contributed by atoms with Crippen molar-refractivity contribution in [3.8, 4) is 28.0 Å². The zero-order chi connectivity index (χ0) is 25.9. The van der Waals surface area contributed by atoms with Gasteiger partial charge in [0.25, 0.3) is 0 Å². The van der Waals surface area contributed by atoms with Crippen molar-refractivity contribution < 1.29 is 13.5 Å². The van der Waals surface area contributed by atoms with Crippen LogP contribution in [0.15, 0.2) is 60.7 Å². The Morgan fingerprint density at radius 1 is 0.703 bits per heavy atom. The normalized spacial score (nSPS) is 13.8. The Balaban J connectivity index is 1.28. The number of halogens is 2. The van der Waals surface area contributed by atoms with Crippen LogP contribution in [0.5, 0.6) is 5.75 Å². The quantitative estimate of drug-likeness (QED) is 0.198. The lowest BCUT2D eigenvalue weighted by molar-refractivity contribution is 0.288. The molecule has 1 saturated carbocycles. The smallest absolute Gasteiger partial charge is 0.165 e. The summed E-state index contributed by atoms with van der Waals surface area (Å²) in [5.74, 6) is 0.720. The summed E-state index contributed by atoms with van der Waals surface area (Å²) < 4.78 is 35.2. The molecule has 0 radical (unpaired) electrons. The summed E-state index contributed by atoms with van der Waals surface area (Å²) in [6.07, 6.45) is 15.9. The van der Waals surface area contributed by atoms with Crippen LogP contribution in [-0.2, 0) is 6.42 Å². The van der Waals surface area contributed by atoms with E-state index < -0.39 is 0 Å². The molecule has 0 aromatic heterocycles. The first kappa shape index (κ1) is 27.4. The van der Waals surface area contributed by atoms with Gasteiger partial charge in [0.05, 0.1) is 6.61 Å². The largest absolute Gasteiger partial charge is 0.491 e. The van der Waals surface area contributed by atoms with Gasteiger partial charge in [-0.3, -0.25) is 0 Å². The molecule has 1 aliphatic rings. The molecule has 0 unspecified atom stereocenters. The van der Waals surface area contributed by atoms with Crippen molar-refractivity contribution in [2.45, 2.75) is 90.4 Å². The summed E-state index contributed by atoms with van der Waals surface area (Å²) in [5.41, 5.74) is 4.16. The third-order valence-corrected chi connectivity index (χ3v) is 7.80. The average molecular weight is 505 g/mol. The third-order valence-electron chi connectivity index (χ3n) is 7.80. The lowest BCUT2D eigenvalue weighted by Crippen LogP contribution is -2.00. The molecule has 1 nitrogen and oxygen atoms in total. The highest BCUT2D eigenvalue weighted by atomic mass is 19.1. The standard InChI is InChI=1S/C34H42F2O/c1-2-3-4-6-14-27-15-21-31(32(35)24-27)29-18-16-28(17-19-29)30-20-22-34(33(36)25-30)37-23-10-5-7-11-26-12-8-9-13-26/h15-22,24-26H,2-14,23H2,1H3. The lowest BCUT2D eigenvalue weighted by Gasteiger charge is -2.11. The van der Waals surface area contributed by atoms with Gasteiger partial charge in [-0.05, 0) is 65.6 Å². The topological polar surface area (TPSA) is 9.23 Å². The summed E-state index contributed by atoms with van der Waals surface area (Å²) in [6.45, 7) is 2.75. The zero-order valence-corrected chi connectivity index (χ0v) is 22.4. The Morgan fingerprint density at radius 3 is 2.16 bits per heavy atom. The van der Waals surface area contributed by atoms with Crippen molar-refractivity contribution >= 4 is 0 Å². The minimum atomic E-state index is -0.340. The minimum Gasteiger partial charge on any atom is -0.491 e. The second-order valence-electron chi connectivity index (χ2n) is 10.7. The van der Waals surface area contributed by atoms with Crippen LogP contribution in [0, 0.1) is 17.6 Å². The van der Waals surface area contributed by atoms with Gasteiger partial charge in [0, 0.05) is 5.56 Å². The van der Waals surface area contributed by atoms with Gasteiger partial charge in [-0.2, -0.15) is 0 Å². The number of unbranched alkanes of at least 4 members (excludes halogenated alkanes) is 5. The second-order valence-corrected chi connectivity index (χ2v) is 10.7. The first-order valence-electron chi connectivity index (χ1n) is 14.5. The highest BCUT2D eigenvalue weighted by Crippen LogP contribution is 2.31. The van der Waals surface area contributed by atoms with E-state index in [1.54, 1.807) is 12.1 Å². The fourth-order valence-electron chi connectivity index (χ4n) is 5.54. The van der Waals surface area contributed by atoms with E-state index in [0.29, 0.717) is 17.9 Å². The molecule has 198 valence electrons. The third kappa shape index (κ3) is 8.15. The van der Waals surface area contributed by atoms with E-state index in [1.165, 1.54) is 63.9 Å². The first-order valence-corrected chi connectivity index (χ1v) is 14.5. The van der Waals surface area contributed by atoms with Crippen molar-refractivity contribution in [1.29, 1.82) is 0 Å². The van der Waals surface area contributed by atoms with Crippen LogP contribution in [0.3, 0.4) is 0 Å². The van der Waals surface area contributed by atoms with Gasteiger partial charge in [0.15, 0.2) is 11.6 Å². The molecule has 37 heavy (non-hydrogen) atoms. The minimum absolute atomic E-state index is 0.188. The van der Waals surface area contributed by atoms with Crippen molar-refractivity contribution in [2.75, 3.05) is 6.61 Å². The zero-order valence-electron chi connectivity index (χ0n) is 22.4. The van der Waals surface area contributed by atoms with E-state index in [2.05, 4.69) is 6.92 Å². The number of aryl methyl sites for hydroxylation is 1. The number of ether oxygens (including phenoxy) is 1. The Bertz CT molecular complexity index is 1100. The van der Waals surface area contributed by atoms with Crippen LogP contribution in [0.4, 0.5) is 8.78 Å². The molecule has 4 rings (SSSR count). The highest BCUT2D eigenvalue weighted by molar-refractivity contribution is 5.71. The monoisotopic (exact) mass is 504 g/mol. The van der Waals surface area contributed by atoms with E-state index in [4.69, 9.17) is 4.74 Å². The van der Waals surface area contributed by atoms with E-state index in [0.717, 1.165) is 53.9 Å². The average Bonchev–Trinajstić information content (AvgIpc) is 3.43. The summed E-state index contributed by atoms with van der Waals surface area (Å²) in [4.78, 5) is 0. The second kappa shape index (κ2) is 14.3. The fourth-order valence-corrected chi connectivity index (χ4v) is 5.54. The highest BCUT2D eigenvalue weighted by Gasteiger charge is 2.14. The molecule has 0 saturated heterocycles. The molecular formula is C34H42F2O. The molecule has 0 bridgehead atoms. The van der Waals surface area contributed by atoms with Gasteiger partial charge in [-0.1, -0.05) is 114 Å². The number of hydrogen-bond donors (Lipinski definition) is 0. The molecule has 1 aliphatic carbocycles. The van der Waals surface area contributed by atoms with Crippen LogP contribution >= 0.6 is 0 Å². The van der Waals surface area contributed by atoms with Gasteiger partial charge in [0.2, 0.25) is 0 Å². The molecule has 0 aliphatic heterocycles. The van der Waals surface area contributed by atoms with E-state index in [9.17, 15) is 8.78 Å². The van der Waals surface area contributed by atoms with Crippen LogP contribution in [0.2, 0.25) is 0 Å². The molecule has 1 fully saturated rings. The summed E-state index contributed by atoms with van der Waals surface area (Å²) in [6, 6.07) is 18.4. The number of hydrogen-bond acceptors (Lipinski definition) is 1. The molecule has 3 heteroatoms. The Hall–Kier alpha value is -2.68. The molecule has 3 aromatic rings. The van der Waals surface area contributed by atoms with Crippen LogP contribution in [-0.4, -0.2) is 6.61 Å². The van der Waals surface area contributed by atoms with Gasteiger partial charge >= 0.3 is 0 Å². The predicted molar refractivity (Wildman–Crippen MR) is 151 cm³/mol. The van der Waals surface area contributed by atoms with Crippen molar-refractivity contribution in [3.05, 3.63) is 77.9 Å². The summed E-state index contributed by atoms with van der Waals surface area (Å²) in [5, 5.41) is 0. The lowest BCUT2D eigenvalue weighted by atomic mass is 9.98. The van der Waals surface area contributed by atoms with Crippen LogP contribution in [0.1, 0.15) is 89.5 Å². The number of benzene rings is 3. The van der Waals surface area contributed by atoms with Crippen LogP contribution < -0.4 is 4.74 Å². The van der Waals surface area contributed by atoms with E-state index in [1.807, 2.05) is 42.5 Å². The van der Waals surface area contributed by atoms with Gasteiger partial charge in [-0.15, -0.1) is 0 Å². The van der Waals surface area contributed by atoms with Gasteiger partial charge in [-0.25, -0.2) is 8.78 Å². The fraction of sp³-hybridized carbons (Fsp3) is 0.471. The molecule has 0 amide bonds. The van der Waals surface area contributed by atoms with E-state index >= 15 is 0 Å².